The molecular weight excluding hydrogens is 246 g/mol. The van der Waals surface area contributed by atoms with Crippen molar-refractivity contribution in [2.24, 2.45) is 0 Å². The van der Waals surface area contributed by atoms with Crippen molar-refractivity contribution in [2.45, 2.75) is 25.8 Å². The molecule has 106 valence electrons. The van der Waals surface area contributed by atoms with Crippen molar-refractivity contribution in [3.8, 4) is 5.75 Å². The van der Waals surface area contributed by atoms with Gasteiger partial charge in [0.15, 0.2) is 0 Å². The van der Waals surface area contributed by atoms with Crippen LogP contribution in [0.1, 0.15) is 18.9 Å². The number of ether oxygens (including phenoxy) is 1. The molecule has 0 aliphatic carbocycles. The van der Waals surface area contributed by atoms with Gasteiger partial charge >= 0.3 is 5.97 Å². The standard InChI is InChI=1S/C14H21NO4/c1-2-8-15-13(14(17)18)10-19-12-5-3-11(4-6-12)7-9-16/h3-6,13,15-16H,2,7-10H2,1H3,(H,17,18). The smallest absolute Gasteiger partial charge is 0.324 e. The van der Waals surface area contributed by atoms with Gasteiger partial charge in [0.2, 0.25) is 0 Å². The fourth-order valence-electron chi connectivity index (χ4n) is 1.60. The van der Waals surface area contributed by atoms with Gasteiger partial charge in [-0.25, -0.2) is 0 Å². The molecule has 5 nitrogen and oxygen atoms in total. The Bertz CT molecular complexity index is 378. The van der Waals surface area contributed by atoms with Gasteiger partial charge in [-0.1, -0.05) is 19.1 Å². The van der Waals surface area contributed by atoms with Crippen LogP contribution in [0.4, 0.5) is 0 Å². The molecule has 1 aromatic carbocycles. The van der Waals surface area contributed by atoms with Gasteiger partial charge in [-0.15, -0.1) is 0 Å². The second-order valence-corrected chi connectivity index (χ2v) is 4.27. The van der Waals surface area contributed by atoms with E-state index in [0.29, 0.717) is 18.7 Å². The fraction of sp³-hybridized carbons (Fsp3) is 0.500. The predicted molar refractivity (Wildman–Crippen MR) is 72.4 cm³/mol. The molecule has 0 amide bonds. The van der Waals surface area contributed by atoms with Crippen LogP contribution in [0.5, 0.6) is 5.75 Å². The number of aliphatic hydroxyl groups is 1. The largest absolute Gasteiger partial charge is 0.491 e. The Balaban J connectivity index is 2.46. The summed E-state index contributed by atoms with van der Waals surface area (Å²) in [5.41, 5.74) is 1.02. The molecule has 19 heavy (non-hydrogen) atoms. The molecule has 5 heteroatoms. The van der Waals surface area contributed by atoms with E-state index in [1.165, 1.54) is 0 Å². The highest BCUT2D eigenvalue weighted by Gasteiger charge is 2.16. The summed E-state index contributed by atoms with van der Waals surface area (Å²) in [7, 11) is 0. The third-order valence-corrected chi connectivity index (χ3v) is 2.68. The third-order valence-electron chi connectivity index (χ3n) is 2.68. The van der Waals surface area contributed by atoms with E-state index in [9.17, 15) is 4.79 Å². The zero-order valence-corrected chi connectivity index (χ0v) is 11.1. The van der Waals surface area contributed by atoms with Gasteiger partial charge in [-0.05, 0) is 37.1 Å². The Hall–Kier alpha value is -1.59. The topological polar surface area (TPSA) is 78.8 Å². The van der Waals surface area contributed by atoms with Crippen LogP contribution in [-0.4, -0.2) is 42.0 Å². The molecule has 0 aliphatic heterocycles. The van der Waals surface area contributed by atoms with E-state index in [1.807, 2.05) is 19.1 Å². The van der Waals surface area contributed by atoms with Crippen molar-refractivity contribution in [1.29, 1.82) is 0 Å². The maximum Gasteiger partial charge on any atom is 0.324 e. The molecule has 0 saturated heterocycles. The molecule has 0 aromatic heterocycles. The summed E-state index contributed by atoms with van der Waals surface area (Å²) < 4.78 is 5.45. The molecular formula is C14H21NO4. The lowest BCUT2D eigenvalue weighted by Crippen LogP contribution is -2.41. The minimum atomic E-state index is -0.912. The van der Waals surface area contributed by atoms with E-state index < -0.39 is 12.0 Å². The van der Waals surface area contributed by atoms with Crippen molar-refractivity contribution >= 4 is 5.97 Å². The first-order valence-corrected chi connectivity index (χ1v) is 6.46. The van der Waals surface area contributed by atoms with Gasteiger partial charge in [0, 0.05) is 6.61 Å². The summed E-state index contributed by atoms with van der Waals surface area (Å²) in [6, 6.07) is 6.59. The summed E-state index contributed by atoms with van der Waals surface area (Å²) in [6.45, 7) is 2.83. The summed E-state index contributed by atoms with van der Waals surface area (Å²) >= 11 is 0. The van der Waals surface area contributed by atoms with E-state index in [1.54, 1.807) is 12.1 Å². The number of hydrogen-bond donors (Lipinski definition) is 3. The number of carbonyl (C=O) groups is 1. The summed E-state index contributed by atoms with van der Waals surface area (Å²) in [5.74, 6) is -0.281. The molecule has 3 N–H and O–H groups in total. The highest BCUT2D eigenvalue weighted by molar-refractivity contribution is 5.73. The zero-order valence-electron chi connectivity index (χ0n) is 11.1. The highest BCUT2D eigenvalue weighted by atomic mass is 16.5. The van der Waals surface area contributed by atoms with Gasteiger partial charge in [-0.3, -0.25) is 4.79 Å². The lowest BCUT2D eigenvalue weighted by molar-refractivity contribution is -0.140. The van der Waals surface area contributed by atoms with E-state index in [2.05, 4.69) is 5.32 Å². The Morgan fingerprint density at radius 2 is 2.05 bits per heavy atom. The van der Waals surface area contributed by atoms with Gasteiger partial charge in [0.05, 0.1) is 0 Å². The van der Waals surface area contributed by atoms with Gasteiger partial charge in [0.1, 0.15) is 18.4 Å². The van der Waals surface area contributed by atoms with Crippen molar-refractivity contribution < 1.29 is 19.7 Å². The monoisotopic (exact) mass is 267 g/mol. The summed E-state index contributed by atoms with van der Waals surface area (Å²) in [6.07, 6.45) is 1.48. The first kappa shape index (κ1) is 15.5. The molecule has 0 saturated carbocycles. The van der Waals surface area contributed by atoms with Crippen LogP contribution in [0.25, 0.3) is 0 Å². The third kappa shape index (κ3) is 5.72. The van der Waals surface area contributed by atoms with Crippen molar-refractivity contribution in [3.63, 3.8) is 0 Å². The minimum absolute atomic E-state index is 0.0919. The molecule has 1 atom stereocenters. The molecule has 0 spiro atoms. The SMILES string of the molecule is CCCNC(COc1ccc(CCO)cc1)C(=O)O. The number of benzene rings is 1. The molecule has 0 fully saturated rings. The number of carboxylic acids is 1. The first-order chi connectivity index (χ1) is 9.17. The van der Waals surface area contributed by atoms with Crippen LogP contribution < -0.4 is 10.1 Å². The molecule has 1 rings (SSSR count). The molecule has 0 radical (unpaired) electrons. The Morgan fingerprint density at radius 1 is 1.37 bits per heavy atom. The first-order valence-electron chi connectivity index (χ1n) is 6.46. The molecule has 1 aromatic rings. The molecule has 1 unspecified atom stereocenters. The number of carboxylic acid groups (broad SMARTS) is 1. The van der Waals surface area contributed by atoms with Crippen LogP contribution in [0.2, 0.25) is 0 Å². The van der Waals surface area contributed by atoms with E-state index in [0.717, 1.165) is 12.0 Å². The maximum absolute atomic E-state index is 11.0. The van der Waals surface area contributed by atoms with Crippen LogP contribution in [0.15, 0.2) is 24.3 Å². The minimum Gasteiger partial charge on any atom is -0.491 e. The highest BCUT2D eigenvalue weighted by Crippen LogP contribution is 2.12. The van der Waals surface area contributed by atoms with Gasteiger partial charge < -0.3 is 20.3 Å². The maximum atomic E-state index is 11.0. The lowest BCUT2D eigenvalue weighted by Gasteiger charge is -2.15. The van der Waals surface area contributed by atoms with E-state index in [4.69, 9.17) is 14.9 Å². The summed E-state index contributed by atoms with van der Waals surface area (Å²) in [5, 5.41) is 20.7. The van der Waals surface area contributed by atoms with Crippen molar-refractivity contribution in [1.82, 2.24) is 5.32 Å². The van der Waals surface area contributed by atoms with Crippen LogP contribution in [-0.2, 0) is 11.2 Å². The molecule has 0 heterocycles. The Kier molecular flexibility index (Phi) is 6.92. The zero-order chi connectivity index (χ0) is 14.1. The average molecular weight is 267 g/mol. The second kappa shape index (κ2) is 8.50. The van der Waals surface area contributed by atoms with Crippen LogP contribution in [0.3, 0.4) is 0 Å². The van der Waals surface area contributed by atoms with Crippen molar-refractivity contribution in [3.05, 3.63) is 29.8 Å². The van der Waals surface area contributed by atoms with E-state index >= 15 is 0 Å². The second-order valence-electron chi connectivity index (χ2n) is 4.27. The lowest BCUT2D eigenvalue weighted by atomic mass is 10.1. The normalized spacial score (nSPS) is 12.1. The molecule has 0 bridgehead atoms. The number of rotatable bonds is 9. The van der Waals surface area contributed by atoms with Crippen LogP contribution >= 0.6 is 0 Å². The van der Waals surface area contributed by atoms with Gasteiger partial charge in [-0.2, -0.15) is 0 Å². The Labute approximate surface area is 113 Å². The fourth-order valence-corrected chi connectivity index (χ4v) is 1.60. The van der Waals surface area contributed by atoms with E-state index in [-0.39, 0.29) is 13.2 Å². The quantitative estimate of drug-likeness (QED) is 0.623. The van der Waals surface area contributed by atoms with Crippen LogP contribution in [0, 0.1) is 0 Å². The van der Waals surface area contributed by atoms with Crippen molar-refractivity contribution in [2.75, 3.05) is 19.8 Å². The van der Waals surface area contributed by atoms with Gasteiger partial charge in [0.25, 0.3) is 0 Å². The Morgan fingerprint density at radius 3 is 2.58 bits per heavy atom. The average Bonchev–Trinajstić information content (AvgIpc) is 2.40. The summed E-state index contributed by atoms with van der Waals surface area (Å²) in [4.78, 5) is 11.0. The molecule has 0 aliphatic rings. The number of aliphatic carboxylic acids is 1. The predicted octanol–water partition coefficient (Wildman–Crippen LogP) is 1.05. The number of hydrogen-bond acceptors (Lipinski definition) is 4. The number of aliphatic hydroxyl groups excluding tert-OH is 1. The number of nitrogens with one attached hydrogen (secondary N) is 1.